The second-order valence-electron chi connectivity index (χ2n) is 8.09. The monoisotopic (exact) mass is 538 g/mol. The van der Waals surface area contributed by atoms with Crippen molar-refractivity contribution in [3.8, 4) is 11.5 Å². The molecule has 0 aliphatic carbocycles. The second kappa shape index (κ2) is 13.5. The van der Waals surface area contributed by atoms with Gasteiger partial charge in [-0.25, -0.2) is 0 Å². The van der Waals surface area contributed by atoms with Crippen LogP contribution in [0.1, 0.15) is 24.5 Å². The zero-order chi connectivity index (χ0) is 25.0. The topological polar surface area (TPSA) is 67.9 Å². The summed E-state index contributed by atoms with van der Waals surface area (Å²) in [7, 11) is 1.55. The first-order valence-corrected chi connectivity index (χ1v) is 12.4. The van der Waals surface area contributed by atoms with E-state index >= 15 is 0 Å². The summed E-state index contributed by atoms with van der Waals surface area (Å²) >= 11 is 3.50. The molecule has 0 aliphatic rings. The molecule has 0 spiro atoms. The Bertz CT molecular complexity index is 1110. The Kier molecular flexibility index (Phi) is 10.2. The Morgan fingerprint density at radius 3 is 2.31 bits per heavy atom. The normalized spacial score (nSPS) is 11.4. The minimum absolute atomic E-state index is 0.184. The number of carbonyl (C=O) groups is 2. The largest absolute Gasteiger partial charge is 0.493 e. The van der Waals surface area contributed by atoms with E-state index in [1.54, 1.807) is 24.1 Å². The van der Waals surface area contributed by atoms with Gasteiger partial charge in [0.2, 0.25) is 5.91 Å². The molecule has 0 bridgehead atoms. The Morgan fingerprint density at radius 1 is 0.943 bits per heavy atom. The lowest BCUT2D eigenvalue weighted by Crippen LogP contribution is -2.51. The van der Waals surface area contributed by atoms with Crippen molar-refractivity contribution in [2.45, 2.75) is 32.4 Å². The molecule has 0 saturated carbocycles. The van der Waals surface area contributed by atoms with Crippen molar-refractivity contribution >= 4 is 27.7 Å². The highest BCUT2D eigenvalue weighted by molar-refractivity contribution is 9.10. The van der Waals surface area contributed by atoms with Crippen LogP contribution in [0.4, 0.5) is 0 Å². The van der Waals surface area contributed by atoms with Crippen molar-refractivity contribution in [1.82, 2.24) is 10.2 Å². The van der Waals surface area contributed by atoms with Crippen molar-refractivity contribution in [1.29, 1.82) is 0 Å². The van der Waals surface area contributed by atoms with Gasteiger partial charge in [-0.2, -0.15) is 0 Å². The number of ether oxygens (including phenoxy) is 2. The third-order valence-corrected chi connectivity index (χ3v) is 5.98. The fourth-order valence-corrected chi connectivity index (χ4v) is 4.16. The molecule has 0 heterocycles. The number of para-hydroxylation sites is 2. The molecule has 0 aromatic heterocycles. The molecule has 3 rings (SSSR count). The summed E-state index contributed by atoms with van der Waals surface area (Å²) in [6, 6.07) is 23.9. The van der Waals surface area contributed by atoms with Gasteiger partial charge in [-0.15, -0.1) is 0 Å². The number of hydrogen-bond acceptors (Lipinski definition) is 4. The van der Waals surface area contributed by atoms with Crippen LogP contribution in [0.2, 0.25) is 0 Å². The molecule has 6 nitrogen and oxygen atoms in total. The zero-order valence-corrected chi connectivity index (χ0v) is 21.7. The van der Waals surface area contributed by atoms with Gasteiger partial charge in [0.05, 0.1) is 7.11 Å². The average Bonchev–Trinajstić information content (AvgIpc) is 2.88. The molecule has 0 radical (unpaired) electrons. The first-order valence-electron chi connectivity index (χ1n) is 11.6. The van der Waals surface area contributed by atoms with Crippen LogP contribution < -0.4 is 14.8 Å². The molecule has 1 N–H and O–H groups in total. The van der Waals surface area contributed by atoms with Crippen LogP contribution in [-0.2, 0) is 22.6 Å². The van der Waals surface area contributed by atoms with Crippen molar-refractivity contribution in [3.63, 3.8) is 0 Å². The highest BCUT2D eigenvalue weighted by atomic mass is 79.9. The summed E-state index contributed by atoms with van der Waals surface area (Å²) in [4.78, 5) is 28.5. The number of halogens is 1. The number of rotatable bonds is 12. The number of amides is 2. The van der Waals surface area contributed by atoms with E-state index in [4.69, 9.17) is 9.47 Å². The minimum Gasteiger partial charge on any atom is -0.493 e. The van der Waals surface area contributed by atoms with Crippen LogP contribution in [0.25, 0.3) is 0 Å². The molecule has 0 aliphatic heterocycles. The molecular formula is C28H31BrN2O4. The summed E-state index contributed by atoms with van der Waals surface area (Å²) in [5.74, 6) is 0.543. The van der Waals surface area contributed by atoms with E-state index < -0.39 is 6.04 Å². The van der Waals surface area contributed by atoms with E-state index in [0.717, 1.165) is 22.0 Å². The van der Waals surface area contributed by atoms with Crippen LogP contribution in [0, 0.1) is 0 Å². The maximum Gasteiger partial charge on any atom is 0.261 e. The van der Waals surface area contributed by atoms with Crippen molar-refractivity contribution in [3.05, 3.63) is 94.5 Å². The third kappa shape index (κ3) is 7.86. The number of carbonyl (C=O) groups excluding carboxylic acids is 2. The molecule has 0 fully saturated rings. The molecule has 7 heteroatoms. The highest BCUT2D eigenvalue weighted by Crippen LogP contribution is 2.26. The Labute approximate surface area is 215 Å². The van der Waals surface area contributed by atoms with Gasteiger partial charge in [-0.3, -0.25) is 9.59 Å². The highest BCUT2D eigenvalue weighted by Gasteiger charge is 2.30. The van der Waals surface area contributed by atoms with Crippen molar-refractivity contribution in [2.75, 3.05) is 20.3 Å². The Balaban J connectivity index is 1.90. The lowest BCUT2D eigenvalue weighted by Gasteiger charge is -2.31. The van der Waals surface area contributed by atoms with Crippen molar-refractivity contribution < 1.29 is 19.1 Å². The SMILES string of the molecule is CCCNC(=O)[C@H](Cc1ccccc1)N(Cc1cccc(Br)c1)C(=O)COc1ccccc1OC. The molecule has 35 heavy (non-hydrogen) atoms. The van der Waals surface area contributed by atoms with Gasteiger partial charge in [0, 0.05) is 24.0 Å². The molecule has 184 valence electrons. The molecule has 0 unspecified atom stereocenters. The number of hydrogen-bond donors (Lipinski definition) is 1. The summed E-state index contributed by atoms with van der Waals surface area (Å²) in [5, 5.41) is 2.97. The molecule has 1 atom stereocenters. The van der Waals surface area contributed by atoms with Crippen molar-refractivity contribution in [2.24, 2.45) is 0 Å². The number of benzene rings is 3. The third-order valence-electron chi connectivity index (χ3n) is 5.48. The fourth-order valence-electron chi connectivity index (χ4n) is 3.71. The van der Waals surface area contributed by atoms with Gasteiger partial charge in [-0.05, 0) is 41.8 Å². The predicted octanol–water partition coefficient (Wildman–Crippen LogP) is 5.00. The molecule has 0 saturated heterocycles. The van der Waals surface area contributed by atoms with Gasteiger partial charge in [0.1, 0.15) is 6.04 Å². The molecule has 2 amide bonds. The van der Waals surface area contributed by atoms with Crippen LogP contribution in [0.15, 0.2) is 83.3 Å². The quantitative estimate of drug-likeness (QED) is 0.352. The molecule has 3 aromatic rings. The van der Waals surface area contributed by atoms with E-state index in [2.05, 4.69) is 21.2 Å². The number of nitrogens with one attached hydrogen (secondary N) is 1. The number of nitrogens with zero attached hydrogens (tertiary/aromatic N) is 1. The van der Waals surface area contributed by atoms with Gasteiger partial charge in [0.15, 0.2) is 18.1 Å². The average molecular weight is 539 g/mol. The fraction of sp³-hybridized carbons (Fsp3) is 0.286. The standard InChI is InChI=1S/C28H31BrN2O4/c1-3-16-30-28(33)24(18-21-10-5-4-6-11-21)31(19-22-12-9-13-23(29)17-22)27(32)20-35-26-15-8-7-14-25(26)34-2/h4-15,17,24H,3,16,18-20H2,1-2H3,(H,30,33)/t24-/m0/s1. The van der Waals surface area contributed by atoms with E-state index in [1.165, 1.54) is 0 Å². The summed E-state index contributed by atoms with van der Waals surface area (Å²) < 4.78 is 12.1. The smallest absolute Gasteiger partial charge is 0.261 e. The summed E-state index contributed by atoms with van der Waals surface area (Å²) in [6.07, 6.45) is 1.20. The predicted molar refractivity (Wildman–Crippen MR) is 140 cm³/mol. The minimum atomic E-state index is -0.697. The van der Waals surface area contributed by atoms with Crippen LogP contribution in [0.5, 0.6) is 11.5 Å². The molecular weight excluding hydrogens is 508 g/mol. The number of methoxy groups -OCH3 is 1. The van der Waals surface area contributed by atoms with Gasteiger partial charge >= 0.3 is 0 Å². The van der Waals surface area contributed by atoms with E-state index in [0.29, 0.717) is 24.5 Å². The summed E-state index contributed by atoms with van der Waals surface area (Å²) in [5.41, 5.74) is 1.88. The maximum absolute atomic E-state index is 13.6. The maximum atomic E-state index is 13.6. The Morgan fingerprint density at radius 2 is 1.63 bits per heavy atom. The zero-order valence-electron chi connectivity index (χ0n) is 20.1. The van der Waals surface area contributed by atoms with Crippen LogP contribution >= 0.6 is 15.9 Å². The molecule has 3 aromatic carbocycles. The van der Waals surface area contributed by atoms with E-state index in [9.17, 15) is 9.59 Å². The lowest BCUT2D eigenvalue weighted by molar-refractivity contribution is -0.142. The van der Waals surface area contributed by atoms with Gasteiger partial charge in [-0.1, -0.05) is 77.5 Å². The van der Waals surface area contributed by atoms with Gasteiger partial charge < -0.3 is 19.7 Å². The van der Waals surface area contributed by atoms with Crippen LogP contribution in [-0.4, -0.2) is 43.0 Å². The summed E-state index contributed by atoms with van der Waals surface area (Å²) in [6.45, 7) is 2.59. The van der Waals surface area contributed by atoms with Crippen LogP contribution in [0.3, 0.4) is 0 Å². The first kappa shape index (κ1) is 26.3. The Hall–Kier alpha value is -3.32. The van der Waals surface area contributed by atoms with E-state index in [-0.39, 0.29) is 25.0 Å². The first-order chi connectivity index (χ1) is 17.0. The lowest BCUT2D eigenvalue weighted by atomic mass is 10.0. The second-order valence-corrected chi connectivity index (χ2v) is 9.00. The van der Waals surface area contributed by atoms with Gasteiger partial charge in [0.25, 0.3) is 5.91 Å². The van der Waals surface area contributed by atoms with E-state index in [1.807, 2.05) is 73.7 Å².